The first kappa shape index (κ1) is 24.4. The summed E-state index contributed by atoms with van der Waals surface area (Å²) in [5.41, 5.74) is 10.9. The maximum atomic E-state index is 12.0. The Morgan fingerprint density at radius 2 is 1.87 bits per heavy atom. The molecule has 1 saturated heterocycles. The van der Waals surface area contributed by atoms with Crippen LogP contribution in [0.1, 0.15) is 18.9 Å². The van der Waals surface area contributed by atoms with E-state index in [4.69, 9.17) is 15.6 Å². The van der Waals surface area contributed by atoms with E-state index < -0.39 is 0 Å². The van der Waals surface area contributed by atoms with E-state index in [9.17, 15) is 4.79 Å². The lowest BCUT2D eigenvalue weighted by molar-refractivity contribution is -0.127. The van der Waals surface area contributed by atoms with Gasteiger partial charge in [0.15, 0.2) is 0 Å². The molecular weight excluding hydrogens is 494 g/mol. The van der Waals surface area contributed by atoms with Crippen LogP contribution in [-0.2, 0) is 18.9 Å². The van der Waals surface area contributed by atoms with E-state index in [1.54, 1.807) is 4.68 Å². The second-order valence-corrected chi connectivity index (χ2v) is 9.66. The molecule has 0 radical (unpaired) electrons. The van der Waals surface area contributed by atoms with Crippen molar-refractivity contribution in [3.8, 4) is 34.0 Å². The summed E-state index contributed by atoms with van der Waals surface area (Å²) in [6.07, 6.45) is 10.3. The van der Waals surface area contributed by atoms with Gasteiger partial charge in [-0.3, -0.25) is 14.2 Å². The van der Waals surface area contributed by atoms with Gasteiger partial charge in [-0.2, -0.15) is 5.10 Å². The van der Waals surface area contributed by atoms with Crippen molar-refractivity contribution in [1.82, 2.24) is 39.0 Å². The van der Waals surface area contributed by atoms with Crippen LogP contribution in [0.15, 0.2) is 67.9 Å². The van der Waals surface area contributed by atoms with Gasteiger partial charge in [0.2, 0.25) is 11.8 Å². The maximum absolute atomic E-state index is 12.0. The van der Waals surface area contributed by atoms with Crippen LogP contribution in [-0.4, -0.2) is 58.0 Å². The number of ether oxygens (including phenoxy) is 1. The summed E-state index contributed by atoms with van der Waals surface area (Å²) in [5.74, 6) is 1.60. The van der Waals surface area contributed by atoms with Gasteiger partial charge < -0.3 is 19.9 Å². The molecule has 39 heavy (non-hydrogen) atoms. The van der Waals surface area contributed by atoms with Gasteiger partial charge in [0.25, 0.3) is 0 Å². The van der Waals surface area contributed by atoms with E-state index in [2.05, 4.69) is 27.8 Å². The molecule has 198 valence electrons. The predicted octanol–water partition coefficient (Wildman–Crippen LogP) is 3.96. The molecule has 2 N–H and O–H groups in total. The lowest BCUT2D eigenvalue weighted by Gasteiger charge is -2.31. The van der Waals surface area contributed by atoms with Crippen molar-refractivity contribution in [3.05, 3.63) is 67.9 Å². The fourth-order valence-electron chi connectivity index (χ4n) is 5.29. The number of fused-ring (bicyclic) bond motifs is 1. The van der Waals surface area contributed by atoms with Gasteiger partial charge in [0.05, 0.1) is 23.3 Å². The normalized spacial score (nSPS) is 14.2. The molecule has 11 nitrogen and oxygen atoms in total. The highest BCUT2D eigenvalue weighted by molar-refractivity contribution is 6.07. The first-order valence-corrected chi connectivity index (χ1v) is 12.8. The van der Waals surface area contributed by atoms with Crippen LogP contribution in [0.3, 0.4) is 0 Å². The lowest BCUT2D eigenvalue weighted by Crippen LogP contribution is -2.38. The Bertz CT molecular complexity index is 1670. The molecule has 1 aliphatic heterocycles. The second kappa shape index (κ2) is 9.75. The van der Waals surface area contributed by atoms with Crippen LogP contribution in [0, 0.1) is 0 Å². The van der Waals surface area contributed by atoms with Gasteiger partial charge in [-0.1, -0.05) is 18.7 Å². The minimum absolute atomic E-state index is 0.0232. The molecular formula is C28H29N9O2. The number of anilines is 1. The minimum atomic E-state index is -0.0232. The minimum Gasteiger partial charge on any atom is -0.438 e. The number of nitrogens with zero attached hydrogens (tertiary/aromatic N) is 8. The van der Waals surface area contributed by atoms with Crippen LogP contribution in [0.4, 0.5) is 5.82 Å². The van der Waals surface area contributed by atoms with E-state index in [0.717, 1.165) is 46.3 Å². The summed E-state index contributed by atoms with van der Waals surface area (Å²) in [5, 5.41) is 9.79. The lowest BCUT2D eigenvalue weighted by atomic mass is 10.00. The quantitative estimate of drug-likeness (QED) is 0.334. The number of carbonyl (C=O) groups excluding carboxylic acids is 1. The van der Waals surface area contributed by atoms with Gasteiger partial charge in [0, 0.05) is 56.8 Å². The number of hydrogen-bond donors (Lipinski definition) is 1. The molecule has 0 saturated carbocycles. The number of carbonyl (C=O) groups is 1. The number of aryl methyl sites for hydroxylation is 2. The summed E-state index contributed by atoms with van der Waals surface area (Å²) < 4.78 is 11.6. The Hall–Kier alpha value is -4.93. The molecule has 5 aromatic rings. The van der Waals surface area contributed by atoms with Crippen molar-refractivity contribution in [2.75, 3.05) is 18.8 Å². The van der Waals surface area contributed by atoms with Gasteiger partial charge in [-0.15, -0.1) is 5.10 Å². The molecule has 0 atom stereocenters. The second-order valence-electron chi connectivity index (χ2n) is 9.66. The first-order chi connectivity index (χ1) is 18.9. The van der Waals surface area contributed by atoms with Crippen LogP contribution in [0.25, 0.3) is 33.4 Å². The number of piperidine rings is 1. The summed E-state index contributed by atoms with van der Waals surface area (Å²) in [7, 11) is 3.82. The molecule has 1 amide bonds. The fraction of sp³-hybridized carbons (Fsp3) is 0.250. The zero-order chi connectivity index (χ0) is 27.1. The summed E-state index contributed by atoms with van der Waals surface area (Å²) >= 11 is 0. The third-order valence-electron chi connectivity index (χ3n) is 7.25. The summed E-state index contributed by atoms with van der Waals surface area (Å²) in [6.45, 7) is 4.97. The van der Waals surface area contributed by atoms with E-state index in [-0.39, 0.29) is 11.9 Å². The van der Waals surface area contributed by atoms with Gasteiger partial charge in [0.1, 0.15) is 23.5 Å². The summed E-state index contributed by atoms with van der Waals surface area (Å²) in [6, 6.07) is 9.84. The monoisotopic (exact) mass is 523 g/mol. The number of benzene rings is 1. The number of nitrogen functional groups attached to an aromatic ring is 1. The molecule has 1 aromatic carbocycles. The van der Waals surface area contributed by atoms with Crippen molar-refractivity contribution in [3.63, 3.8) is 0 Å². The van der Waals surface area contributed by atoms with E-state index >= 15 is 0 Å². The molecule has 11 heteroatoms. The predicted molar refractivity (Wildman–Crippen MR) is 148 cm³/mol. The summed E-state index contributed by atoms with van der Waals surface area (Å²) in [4.78, 5) is 22.6. The number of rotatable bonds is 6. The Kier molecular flexibility index (Phi) is 6.10. The Morgan fingerprint density at radius 1 is 1.10 bits per heavy atom. The van der Waals surface area contributed by atoms with Crippen LogP contribution in [0.5, 0.6) is 11.6 Å². The zero-order valence-corrected chi connectivity index (χ0v) is 21.9. The number of amides is 1. The molecule has 1 fully saturated rings. The largest absolute Gasteiger partial charge is 0.438 e. The average molecular weight is 524 g/mol. The van der Waals surface area contributed by atoms with Gasteiger partial charge in [-0.25, -0.2) is 9.97 Å². The maximum Gasteiger partial charge on any atom is 0.245 e. The van der Waals surface area contributed by atoms with E-state index in [0.29, 0.717) is 30.5 Å². The highest BCUT2D eigenvalue weighted by Gasteiger charge is 2.26. The van der Waals surface area contributed by atoms with Crippen molar-refractivity contribution >= 4 is 22.8 Å². The smallest absolute Gasteiger partial charge is 0.245 e. The molecule has 1 aliphatic rings. The molecule has 5 heterocycles. The third-order valence-corrected chi connectivity index (χ3v) is 7.25. The van der Waals surface area contributed by atoms with E-state index in [1.807, 2.05) is 71.0 Å². The molecule has 0 aliphatic carbocycles. The van der Waals surface area contributed by atoms with E-state index in [1.165, 1.54) is 12.4 Å². The van der Waals surface area contributed by atoms with Crippen molar-refractivity contribution in [1.29, 1.82) is 0 Å². The highest BCUT2D eigenvalue weighted by atomic mass is 16.5. The number of hydrogen-bond acceptors (Lipinski definition) is 7. The zero-order valence-electron chi connectivity index (χ0n) is 21.9. The van der Waals surface area contributed by atoms with Crippen LogP contribution >= 0.6 is 0 Å². The molecule has 0 spiro atoms. The number of nitrogens with two attached hydrogens (primary N) is 1. The number of likely N-dealkylation sites (tertiary alicyclic amines) is 1. The molecule has 4 aromatic heterocycles. The first-order valence-electron chi connectivity index (χ1n) is 12.8. The highest BCUT2D eigenvalue weighted by Crippen LogP contribution is 2.42. The topological polar surface area (TPSA) is 122 Å². The molecule has 6 rings (SSSR count). The Balaban J connectivity index is 1.36. The van der Waals surface area contributed by atoms with Gasteiger partial charge in [-0.05, 0) is 36.6 Å². The van der Waals surface area contributed by atoms with Crippen molar-refractivity contribution in [2.24, 2.45) is 14.1 Å². The van der Waals surface area contributed by atoms with Crippen LogP contribution in [0.2, 0.25) is 0 Å². The molecule has 0 unspecified atom stereocenters. The standard InChI is InChI=1S/C28H29N9O2/c1-4-23(38)36-13-9-20(10-14-36)37-16-19(15-32-37)26-24(25-27(29)30-17-31-28(25)35(26)3)18-5-7-21(8-6-18)39-22-11-12-34(2)33-22/h4-8,11-12,15-17,20H,1,9-10,13-14H2,2-3H3,(H2,29,30,31). The van der Waals surface area contributed by atoms with Crippen molar-refractivity contribution < 1.29 is 9.53 Å². The average Bonchev–Trinajstić information content (AvgIpc) is 3.67. The third kappa shape index (κ3) is 4.41. The SMILES string of the molecule is C=CC(=O)N1CCC(n2cc(-c3c(-c4ccc(Oc5ccn(C)n5)cc4)c4c(N)ncnc4n3C)cn2)CC1. The Morgan fingerprint density at radius 3 is 2.56 bits per heavy atom. The van der Waals surface area contributed by atoms with Crippen LogP contribution < -0.4 is 10.5 Å². The van der Waals surface area contributed by atoms with Gasteiger partial charge >= 0.3 is 0 Å². The Labute approximate surface area is 225 Å². The van der Waals surface area contributed by atoms with Crippen molar-refractivity contribution in [2.45, 2.75) is 18.9 Å². The number of aromatic nitrogens is 7. The fourth-order valence-corrected chi connectivity index (χ4v) is 5.29. The molecule has 0 bridgehead atoms.